The van der Waals surface area contributed by atoms with Gasteiger partial charge in [0, 0.05) is 19.6 Å². The smallest absolute Gasteiger partial charge is 0.386 e. The highest BCUT2D eigenvalue weighted by Crippen LogP contribution is 2.24. The van der Waals surface area contributed by atoms with Gasteiger partial charge in [-0.25, -0.2) is 0 Å². The van der Waals surface area contributed by atoms with Crippen LogP contribution in [-0.4, -0.2) is 54.6 Å². The highest BCUT2D eigenvalue weighted by Gasteiger charge is 2.39. The van der Waals surface area contributed by atoms with E-state index in [1.165, 1.54) is 6.92 Å². The molecule has 1 fully saturated rings. The van der Waals surface area contributed by atoms with Gasteiger partial charge in [-0.1, -0.05) is 0 Å². The van der Waals surface area contributed by atoms with Gasteiger partial charge in [0.05, 0.1) is 12.1 Å². The molecule has 3 N–H and O–H groups in total. The van der Waals surface area contributed by atoms with Crippen LogP contribution in [0.4, 0.5) is 13.2 Å². The van der Waals surface area contributed by atoms with E-state index in [2.05, 4.69) is 5.32 Å². The molecule has 3 unspecified atom stereocenters. The van der Waals surface area contributed by atoms with Gasteiger partial charge in [-0.15, -0.1) is 0 Å². The highest BCUT2D eigenvalue weighted by atomic mass is 19.4. The molecule has 3 atom stereocenters. The van der Waals surface area contributed by atoms with Gasteiger partial charge in [-0.2, -0.15) is 13.2 Å². The average molecular weight is 284 g/mol. The predicted octanol–water partition coefficient (Wildman–Crippen LogP) is 0.183. The zero-order valence-electron chi connectivity index (χ0n) is 10.9. The molecule has 1 saturated heterocycles. The van der Waals surface area contributed by atoms with Crippen molar-refractivity contribution < 1.29 is 27.8 Å². The van der Waals surface area contributed by atoms with E-state index in [1.807, 2.05) is 0 Å². The first kappa shape index (κ1) is 16.2. The normalized spacial score (nSPS) is 29.3. The van der Waals surface area contributed by atoms with Crippen molar-refractivity contribution in [2.75, 3.05) is 19.7 Å². The van der Waals surface area contributed by atoms with Gasteiger partial charge < -0.3 is 20.5 Å². The molecular formula is C11H19F3N2O3. The molecule has 0 saturated carbocycles. The average Bonchev–Trinajstić information content (AvgIpc) is 2.63. The van der Waals surface area contributed by atoms with Crippen LogP contribution in [0.25, 0.3) is 0 Å². The Balaban J connectivity index is 2.34. The van der Waals surface area contributed by atoms with Crippen molar-refractivity contribution in [1.82, 2.24) is 10.6 Å². The molecule has 0 radical (unpaired) electrons. The minimum Gasteiger partial charge on any atom is -0.386 e. The van der Waals surface area contributed by atoms with E-state index >= 15 is 0 Å². The lowest BCUT2D eigenvalue weighted by molar-refractivity contribution is -0.139. The summed E-state index contributed by atoms with van der Waals surface area (Å²) in [4.78, 5) is 11.4. The Kier molecular flexibility index (Phi) is 5.17. The van der Waals surface area contributed by atoms with Crippen LogP contribution in [0.15, 0.2) is 0 Å². The van der Waals surface area contributed by atoms with E-state index in [0.717, 1.165) is 0 Å². The third-order valence-corrected chi connectivity index (χ3v) is 3.23. The molecule has 0 aromatic heterocycles. The van der Waals surface area contributed by atoms with Crippen LogP contribution >= 0.6 is 0 Å². The number of carbonyl (C=O) groups excluding carboxylic acids is 1. The van der Waals surface area contributed by atoms with Crippen molar-refractivity contribution in [3.63, 3.8) is 0 Å². The standard InChI is InChI=1S/C11H19F3N2O3/c1-7(9(17)16-6-11(12,13)14)15-5-10(18)3-4-19-8(10)2/h7-8,15,18H,3-6H2,1-2H3,(H,16,17). The van der Waals surface area contributed by atoms with Crippen molar-refractivity contribution in [2.45, 2.75) is 44.2 Å². The van der Waals surface area contributed by atoms with Crippen LogP contribution in [0.1, 0.15) is 20.3 Å². The number of amides is 1. The summed E-state index contributed by atoms with van der Waals surface area (Å²) >= 11 is 0. The molecule has 19 heavy (non-hydrogen) atoms. The molecule has 1 aliphatic heterocycles. The Labute approximate surface area is 109 Å². The zero-order chi connectivity index (χ0) is 14.7. The predicted molar refractivity (Wildman–Crippen MR) is 61.5 cm³/mol. The molecule has 0 bridgehead atoms. The number of aliphatic hydroxyl groups is 1. The zero-order valence-corrected chi connectivity index (χ0v) is 10.9. The number of rotatable bonds is 5. The number of alkyl halides is 3. The van der Waals surface area contributed by atoms with Crippen LogP contribution in [0.3, 0.4) is 0 Å². The summed E-state index contributed by atoms with van der Waals surface area (Å²) in [5.41, 5.74) is -1.08. The topological polar surface area (TPSA) is 70.6 Å². The lowest BCUT2D eigenvalue weighted by atomic mass is 9.96. The molecule has 112 valence electrons. The molecule has 5 nitrogen and oxygen atoms in total. The van der Waals surface area contributed by atoms with Crippen molar-refractivity contribution in [2.24, 2.45) is 0 Å². The summed E-state index contributed by atoms with van der Waals surface area (Å²) in [5, 5.41) is 14.7. The fourth-order valence-electron chi connectivity index (χ4n) is 1.77. The molecule has 0 aromatic carbocycles. The molecule has 0 spiro atoms. The monoisotopic (exact) mass is 284 g/mol. The lowest BCUT2D eigenvalue weighted by Gasteiger charge is -2.27. The van der Waals surface area contributed by atoms with Gasteiger partial charge in [-0.05, 0) is 13.8 Å². The summed E-state index contributed by atoms with van der Waals surface area (Å²) in [5.74, 6) is -0.757. The molecular weight excluding hydrogens is 265 g/mol. The second kappa shape index (κ2) is 6.06. The minimum atomic E-state index is -4.43. The van der Waals surface area contributed by atoms with Gasteiger partial charge >= 0.3 is 6.18 Å². The minimum absolute atomic E-state index is 0.0920. The van der Waals surface area contributed by atoms with Gasteiger partial charge in [0.2, 0.25) is 5.91 Å². The summed E-state index contributed by atoms with van der Waals surface area (Å²) in [6.07, 6.45) is -4.37. The molecule has 0 aromatic rings. The molecule has 8 heteroatoms. The first-order valence-electron chi connectivity index (χ1n) is 6.06. The quantitative estimate of drug-likeness (QED) is 0.674. The maximum Gasteiger partial charge on any atom is 0.405 e. The molecule has 0 aliphatic carbocycles. The van der Waals surface area contributed by atoms with Crippen molar-refractivity contribution in [1.29, 1.82) is 0 Å². The Bertz CT molecular complexity index is 325. The van der Waals surface area contributed by atoms with Crippen LogP contribution < -0.4 is 10.6 Å². The van der Waals surface area contributed by atoms with Gasteiger partial charge in [0.25, 0.3) is 0 Å². The van der Waals surface area contributed by atoms with E-state index < -0.39 is 30.3 Å². The summed E-state index contributed by atoms with van der Waals surface area (Å²) < 4.78 is 41.0. The third-order valence-electron chi connectivity index (χ3n) is 3.23. The Morgan fingerprint density at radius 2 is 2.21 bits per heavy atom. The lowest BCUT2D eigenvalue weighted by Crippen LogP contribution is -2.52. The Hall–Kier alpha value is -0.860. The van der Waals surface area contributed by atoms with Crippen LogP contribution in [0.5, 0.6) is 0 Å². The maximum absolute atomic E-state index is 11.9. The number of nitrogens with one attached hydrogen (secondary N) is 2. The first-order chi connectivity index (χ1) is 8.64. The van der Waals surface area contributed by atoms with Crippen molar-refractivity contribution >= 4 is 5.91 Å². The fourth-order valence-corrected chi connectivity index (χ4v) is 1.77. The Morgan fingerprint density at radius 3 is 2.68 bits per heavy atom. The van der Waals surface area contributed by atoms with E-state index in [1.54, 1.807) is 12.2 Å². The van der Waals surface area contributed by atoms with Crippen molar-refractivity contribution in [3.8, 4) is 0 Å². The molecule has 1 aliphatic rings. The van der Waals surface area contributed by atoms with E-state index in [0.29, 0.717) is 13.0 Å². The number of carbonyl (C=O) groups is 1. The third kappa shape index (κ3) is 4.96. The summed E-state index contributed by atoms with van der Waals surface area (Å²) in [6.45, 7) is 2.31. The highest BCUT2D eigenvalue weighted by molar-refractivity contribution is 5.81. The summed E-state index contributed by atoms with van der Waals surface area (Å²) in [7, 11) is 0. The molecule has 1 amide bonds. The van der Waals surface area contributed by atoms with E-state index in [9.17, 15) is 23.1 Å². The first-order valence-corrected chi connectivity index (χ1v) is 6.06. The van der Waals surface area contributed by atoms with E-state index in [-0.39, 0.29) is 12.6 Å². The molecule has 1 rings (SSSR count). The van der Waals surface area contributed by atoms with E-state index in [4.69, 9.17) is 4.74 Å². The largest absolute Gasteiger partial charge is 0.405 e. The van der Waals surface area contributed by atoms with Gasteiger partial charge in [0.15, 0.2) is 0 Å². The summed E-state index contributed by atoms with van der Waals surface area (Å²) in [6, 6.07) is -0.820. The SMILES string of the molecule is CC(NCC1(O)CCOC1C)C(=O)NCC(F)(F)F. The fraction of sp³-hybridized carbons (Fsp3) is 0.909. The van der Waals surface area contributed by atoms with Gasteiger partial charge in [-0.3, -0.25) is 4.79 Å². The van der Waals surface area contributed by atoms with Crippen LogP contribution in [0.2, 0.25) is 0 Å². The van der Waals surface area contributed by atoms with Crippen LogP contribution in [0, 0.1) is 0 Å². The second-order valence-electron chi connectivity index (χ2n) is 4.80. The Morgan fingerprint density at radius 1 is 1.58 bits per heavy atom. The van der Waals surface area contributed by atoms with Crippen molar-refractivity contribution in [3.05, 3.63) is 0 Å². The number of halogens is 3. The number of hydrogen-bond acceptors (Lipinski definition) is 4. The van der Waals surface area contributed by atoms with Gasteiger partial charge in [0.1, 0.15) is 12.1 Å². The van der Waals surface area contributed by atoms with Crippen LogP contribution in [-0.2, 0) is 9.53 Å². The number of hydrogen-bond donors (Lipinski definition) is 3. The number of ether oxygens (including phenoxy) is 1. The maximum atomic E-state index is 11.9. The molecule has 1 heterocycles. The second-order valence-corrected chi connectivity index (χ2v) is 4.80.